The van der Waals surface area contributed by atoms with Crippen molar-refractivity contribution in [3.05, 3.63) is 230 Å². The number of anilines is 3. The lowest BCUT2D eigenvalue weighted by molar-refractivity contribution is 0.660. The Kier molecular flexibility index (Phi) is 8.20. The Balaban J connectivity index is 0.969. The molecule has 0 saturated carbocycles. The van der Waals surface area contributed by atoms with Crippen molar-refractivity contribution >= 4 is 38.9 Å². The van der Waals surface area contributed by atoms with Crippen molar-refractivity contribution in [2.75, 3.05) is 4.90 Å². The molecule has 1 aliphatic carbocycles. The topological polar surface area (TPSA) is 8.17 Å². The minimum atomic E-state index is -0.0486. The van der Waals surface area contributed by atoms with Crippen molar-refractivity contribution in [2.45, 2.75) is 19.3 Å². The third-order valence-corrected chi connectivity index (χ3v) is 12.4. The van der Waals surface area contributed by atoms with Gasteiger partial charge in [-0.05, 0) is 116 Å². The van der Waals surface area contributed by atoms with Gasteiger partial charge in [0.2, 0.25) is 0 Å². The predicted octanol–water partition coefficient (Wildman–Crippen LogP) is 15.6. The maximum Gasteiger partial charge on any atom is 0.0541 e. The van der Waals surface area contributed by atoms with E-state index in [9.17, 15) is 0 Å². The summed E-state index contributed by atoms with van der Waals surface area (Å²) in [4.78, 5) is 2.39. The summed E-state index contributed by atoms with van der Waals surface area (Å²) in [6, 6.07) is 79.7. The zero-order valence-corrected chi connectivity index (χ0v) is 33.2. The molecular formula is C57H42N2. The maximum atomic E-state index is 2.39. The average molecular weight is 755 g/mol. The van der Waals surface area contributed by atoms with Gasteiger partial charge in [0, 0.05) is 38.9 Å². The fourth-order valence-electron chi connectivity index (χ4n) is 9.50. The first-order chi connectivity index (χ1) is 29.0. The van der Waals surface area contributed by atoms with Gasteiger partial charge < -0.3 is 9.47 Å². The first-order valence-corrected chi connectivity index (χ1v) is 20.5. The van der Waals surface area contributed by atoms with E-state index in [1.54, 1.807) is 0 Å². The second-order valence-corrected chi connectivity index (χ2v) is 16.2. The molecule has 280 valence electrons. The van der Waals surface area contributed by atoms with E-state index in [0.29, 0.717) is 0 Å². The van der Waals surface area contributed by atoms with Gasteiger partial charge in [-0.3, -0.25) is 0 Å². The summed E-state index contributed by atoms with van der Waals surface area (Å²) in [6.07, 6.45) is 0. The molecule has 0 unspecified atom stereocenters. The molecule has 2 nitrogen and oxygen atoms in total. The second-order valence-electron chi connectivity index (χ2n) is 16.2. The first-order valence-electron chi connectivity index (χ1n) is 20.5. The normalized spacial score (nSPS) is 12.7. The molecule has 1 heterocycles. The highest BCUT2D eigenvalue weighted by Crippen LogP contribution is 2.51. The molecule has 0 bridgehead atoms. The smallest absolute Gasteiger partial charge is 0.0541 e. The van der Waals surface area contributed by atoms with E-state index in [0.717, 1.165) is 22.7 Å². The van der Waals surface area contributed by atoms with Gasteiger partial charge in [-0.25, -0.2) is 0 Å². The molecule has 0 spiro atoms. The van der Waals surface area contributed by atoms with Gasteiger partial charge in [0.1, 0.15) is 0 Å². The van der Waals surface area contributed by atoms with Gasteiger partial charge in [0.05, 0.1) is 11.0 Å². The van der Waals surface area contributed by atoms with Crippen molar-refractivity contribution < 1.29 is 0 Å². The summed E-state index contributed by atoms with van der Waals surface area (Å²) >= 11 is 0. The van der Waals surface area contributed by atoms with Gasteiger partial charge in [0.15, 0.2) is 0 Å². The van der Waals surface area contributed by atoms with Crippen molar-refractivity contribution in [1.29, 1.82) is 0 Å². The summed E-state index contributed by atoms with van der Waals surface area (Å²) in [6.45, 7) is 4.68. The number of nitrogens with zero attached hydrogens (tertiary/aromatic N) is 2. The van der Waals surface area contributed by atoms with E-state index in [-0.39, 0.29) is 5.41 Å². The molecule has 2 heteroatoms. The lowest BCUT2D eigenvalue weighted by atomic mass is 9.82. The zero-order valence-electron chi connectivity index (χ0n) is 33.2. The van der Waals surface area contributed by atoms with Crippen LogP contribution in [0.15, 0.2) is 218 Å². The van der Waals surface area contributed by atoms with Crippen molar-refractivity contribution in [3.8, 4) is 50.2 Å². The molecule has 0 fully saturated rings. The van der Waals surface area contributed by atoms with Crippen LogP contribution in [-0.2, 0) is 5.41 Å². The molecule has 9 aromatic carbocycles. The van der Waals surface area contributed by atoms with E-state index >= 15 is 0 Å². The third kappa shape index (κ3) is 5.79. The monoisotopic (exact) mass is 754 g/mol. The van der Waals surface area contributed by atoms with Crippen LogP contribution in [0.25, 0.3) is 72.0 Å². The van der Waals surface area contributed by atoms with Gasteiger partial charge in [0.25, 0.3) is 0 Å². The van der Waals surface area contributed by atoms with Crippen LogP contribution in [0.1, 0.15) is 25.0 Å². The highest BCUT2D eigenvalue weighted by atomic mass is 15.1. The quantitative estimate of drug-likeness (QED) is 0.157. The molecule has 11 rings (SSSR count). The van der Waals surface area contributed by atoms with Crippen molar-refractivity contribution in [2.24, 2.45) is 0 Å². The number of aromatic nitrogens is 1. The van der Waals surface area contributed by atoms with Crippen LogP contribution < -0.4 is 4.90 Å². The van der Waals surface area contributed by atoms with Crippen LogP contribution in [-0.4, -0.2) is 4.57 Å². The Morgan fingerprint density at radius 3 is 1.39 bits per heavy atom. The number of hydrogen-bond donors (Lipinski definition) is 0. The van der Waals surface area contributed by atoms with Gasteiger partial charge in [-0.2, -0.15) is 0 Å². The van der Waals surface area contributed by atoms with Gasteiger partial charge in [-0.15, -0.1) is 0 Å². The lowest BCUT2D eigenvalue weighted by Crippen LogP contribution is -2.15. The molecule has 59 heavy (non-hydrogen) atoms. The minimum Gasteiger partial charge on any atom is -0.310 e. The Morgan fingerprint density at radius 2 is 0.780 bits per heavy atom. The van der Waals surface area contributed by atoms with Gasteiger partial charge in [-0.1, -0.05) is 172 Å². The molecule has 10 aromatic rings. The molecule has 0 N–H and O–H groups in total. The number of hydrogen-bond acceptors (Lipinski definition) is 1. The minimum absolute atomic E-state index is 0.0486. The summed E-state index contributed by atoms with van der Waals surface area (Å²) in [7, 11) is 0. The fourth-order valence-corrected chi connectivity index (χ4v) is 9.50. The highest BCUT2D eigenvalue weighted by Gasteiger charge is 2.35. The molecule has 0 radical (unpaired) electrons. The molecular weight excluding hydrogens is 713 g/mol. The number of rotatable bonds is 7. The summed E-state index contributed by atoms with van der Waals surface area (Å²) < 4.78 is 2.38. The third-order valence-electron chi connectivity index (χ3n) is 12.4. The number of fused-ring (bicyclic) bond motifs is 6. The molecule has 0 amide bonds. The SMILES string of the molecule is CC1(C)c2ccccc2-c2cc(N(c3ccc(-c4ccccc4)cc3)c3ccc(-c4ccccc4-c4ccc(-n5c6ccccc6c6ccccc65)cc4)cc3)ccc21. The first kappa shape index (κ1) is 34.8. The van der Waals surface area contributed by atoms with Crippen LogP contribution in [0.3, 0.4) is 0 Å². The molecule has 1 aliphatic rings. The Labute approximate surface area is 345 Å². The average Bonchev–Trinajstić information content (AvgIpc) is 3.75. The molecule has 0 aliphatic heterocycles. The van der Waals surface area contributed by atoms with Crippen LogP contribution in [0.4, 0.5) is 17.1 Å². The summed E-state index contributed by atoms with van der Waals surface area (Å²) in [5.41, 5.74) is 19.5. The Hall–Kier alpha value is -7.42. The van der Waals surface area contributed by atoms with E-state index in [1.165, 1.54) is 77.4 Å². The number of para-hydroxylation sites is 2. The summed E-state index contributed by atoms with van der Waals surface area (Å²) in [5, 5.41) is 2.54. The zero-order chi connectivity index (χ0) is 39.5. The maximum absolute atomic E-state index is 2.39. The Morgan fingerprint density at radius 1 is 0.339 bits per heavy atom. The lowest BCUT2D eigenvalue weighted by Gasteiger charge is -2.27. The van der Waals surface area contributed by atoms with Crippen LogP contribution >= 0.6 is 0 Å². The molecule has 0 atom stereocenters. The molecule has 0 saturated heterocycles. The van der Waals surface area contributed by atoms with Crippen LogP contribution in [0.5, 0.6) is 0 Å². The van der Waals surface area contributed by atoms with E-state index in [1.807, 2.05) is 0 Å². The van der Waals surface area contributed by atoms with Crippen LogP contribution in [0, 0.1) is 0 Å². The summed E-state index contributed by atoms with van der Waals surface area (Å²) in [5.74, 6) is 0. The predicted molar refractivity (Wildman–Crippen MR) is 249 cm³/mol. The second kappa shape index (κ2) is 13.9. The number of benzene rings is 9. The standard InChI is InChI=1S/C57H42N2/c1-57(2)53-21-11-8-18-49(53)52-38-46(36-37-54(52)57)58(43-30-24-40(25-31-43)39-14-4-3-5-15-39)44-32-26-41(27-33-44)47-16-6-7-17-48(47)42-28-34-45(35-29-42)59-55-22-12-9-19-50(55)51-20-10-13-23-56(51)59/h3-38H,1-2H3. The van der Waals surface area contributed by atoms with Crippen molar-refractivity contribution in [1.82, 2.24) is 4.57 Å². The highest BCUT2D eigenvalue weighted by molar-refractivity contribution is 6.09. The largest absolute Gasteiger partial charge is 0.310 e. The Bertz CT molecular complexity index is 3100. The van der Waals surface area contributed by atoms with E-state index in [4.69, 9.17) is 0 Å². The van der Waals surface area contributed by atoms with Gasteiger partial charge >= 0.3 is 0 Å². The molecule has 1 aromatic heterocycles. The van der Waals surface area contributed by atoms with E-state index < -0.39 is 0 Å². The van der Waals surface area contributed by atoms with Crippen molar-refractivity contribution in [3.63, 3.8) is 0 Å². The van der Waals surface area contributed by atoms with E-state index in [2.05, 4.69) is 242 Å². The fraction of sp³-hybridized carbons (Fsp3) is 0.0526. The van der Waals surface area contributed by atoms with Crippen LogP contribution in [0.2, 0.25) is 0 Å².